The Hall–Kier alpha value is -3.30. The number of aromatic nitrogens is 2. The second-order valence-corrected chi connectivity index (χ2v) is 9.86. The number of benzene rings is 2. The standard InChI is InChI=1S/C25H26N4O4S/c1-33-21-10-8-19(9-11-21)23(30)29(13-17-2-3-17)25-27-26-22(34-25)18-6-4-16(5-7-18)12-28-14-20(15-28)24(31)32/h4-11,17,20H,2-3,12-15H2,1H3,(H,31,32). The molecule has 2 aromatic carbocycles. The lowest BCUT2D eigenvalue weighted by Crippen LogP contribution is -2.49. The third-order valence-electron chi connectivity index (χ3n) is 6.28. The summed E-state index contributed by atoms with van der Waals surface area (Å²) in [6.07, 6.45) is 2.26. The number of amides is 1. The number of likely N-dealkylation sites (tertiary alicyclic amines) is 1. The van der Waals surface area contributed by atoms with Gasteiger partial charge < -0.3 is 9.84 Å². The molecule has 0 spiro atoms. The van der Waals surface area contributed by atoms with Crippen molar-refractivity contribution >= 4 is 28.3 Å². The molecule has 2 aliphatic rings. The Morgan fingerprint density at radius 2 is 1.79 bits per heavy atom. The van der Waals surface area contributed by atoms with E-state index in [0.717, 1.165) is 35.5 Å². The molecule has 34 heavy (non-hydrogen) atoms. The maximum absolute atomic E-state index is 13.3. The van der Waals surface area contributed by atoms with E-state index in [1.165, 1.54) is 11.3 Å². The van der Waals surface area contributed by atoms with Gasteiger partial charge in [-0.05, 0) is 48.6 Å². The molecule has 9 heteroatoms. The maximum atomic E-state index is 13.3. The molecule has 8 nitrogen and oxygen atoms in total. The van der Waals surface area contributed by atoms with E-state index in [0.29, 0.717) is 42.0 Å². The number of hydrogen-bond donors (Lipinski definition) is 1. The van der Waals surface area contributed by atoms with Crippen molar-refractivity contribution in [2.75, 3.05) is 31.6 Å². The predicted octanol–water partition coefficient (Wildman–Crippen LogP) is 3.79. The highest BCUT2D eigenvalue weighted by atomic mass is 32.1. The van der Waals surface area contributed by atoms with Crippen LogP contribution in [0.3, 0.4) is 0 Å². The molecule has 176 valence electrons. The van der Waals surface area contributed by atoms with Crippen LogP contribution >= 0.6 is 11.3 Å². The number of hydrogen-bond acceptors (Lipinski definition) is 7. The topological polar surface area (TPSA) is 95.9 Å². The van der Waals surface area contributed by atoms with Gasteiger partial charge in [-0.2, -0.15) is 0 Å². The fourth-order valence-electron chi connectivity index (χ4n) is 4.00. The van der Waals surface area contributed by atoms with Crippen molar-refractivity contribution in [1.29, 1.82) is 0 Å². The molecule has 3 aromatic rings. The number of carbonyl (C=O) groups is 2. The summed E-state index contributed by atoms with van der Waals surface area (Å²) < 4.78 is 5.20. The quantitative estimate of drug-likeness (QED) is 0.500. The summed E-state index contributed by atoms with van der Waals surface area (Å²) in [5, 5.41) is 19.1. The lowest BCUT2D eigenvalue weighted by molar-refractivity contribution is -0.147. The van der Waals surface area contributed by atoms with Crippen LogP contribution in [-0.4, -0.2) is 58.8 Å². The van der Waals surface area contributed by atoms with E-state index in [4.69, 9.17) is 9.84 Å². The molecule has 0 bridgehead atoms. The Morgan fingerprint density at radius 1 is 1.09 bits per heavy atom. The number of methoxy groups -OCH3 is 1. The number of carboxylic acids is 1. The summed E-state index contributed by atoms with van der Waals surface area (Å²) in [4.78, 5) is 28.1. The Kier molecular flexibility index (Phi) is 6.30. The largest absolute Gasteiger partial charge is 0.497 e. The van der Waals surface area contributed by atoms with E-state index < -0.39 is 5.97 Å². The Labute approximate surface area is 201 Å². The third-order valence-corrected chi connectivity index (χ3v) is 7.27. The molecule has 0 unspecified atom stereocenters. The van der Waals surface area contributed by atoms with Crippen LogP contribution in [0, 0.1) is 11.8 Å². The van der Waals surface area contributed by atoms with Crippen LogP contribution in [-0.2, 0) is 11.3 Å². The Balaban J connectivity index is 1.28. The Bertz CT molecular complexity index is 1170. The first-order chi connectivity index (χ1) is 16.5. The van der Waals surface area contributed by atoms with Crippen LogP contribution in [0.4, 0.5) is 5.13 Å². The molecule has 2 heterocycles. The zero-order valence-corrected chi connectivity index (χ0v) is 19.7. The fraction of sp³-hybridized carbons (Fsp3) is 0.360. The average molecular weight is 479 g/mol. The Morgan fingerprint density at radius 3 is 2.41 bits per heavy atom. The zero-order chi connectivity index (χ0) is 23.7. The van der Waals surface area contributed by atoms with Crippen molar-refractivity contribution in [2.24, 2.45) is 11.8 Å². The van der Waals surface area contributed by atoms with Gasteiger partial charge in [-0.25, -0.2) is 0 Å². The van der Waals surface area contributed by atoms with Gasteiger partial charge in [0.05, 0.1) is 13.0 Å². The molecule has 1 saturated heterocycles. The van der Waals surface area contributed by atoms with Gasteiger partial charge in [0.15, 0.2) is 0 Å². The highest BCUT2D eigenvalue weighted by Crippen LogP contribution is 2.35. The van der Waals surface area contributed by atoms with Crippen LogP contribution in [0.5, 0.6) is 5.75 Å². The van der Waals surface area contributed by atoms with Crippen molar-refractivity contribution < 1.29 is 19.4 Å². The summed E-state index contributed by atoms with van der Waals surface area (Å²) in [6, 6.07) is 15.2. The van der Waals surface area contributed by atoms with Crippen molar-refractivity contribution in [3.8, 4) is 16.3 Å². The summed E-state index contributed by atoms with van der Waals surface area (Å²) in [5.41, 5.74) is 2.67. The minimum absolute atomic E-state index is 0.0817. The SMILES string of the molecule is COc1ccc(C(=O)N(CC2CC2)c2nnc(-c3ccc(CN4CC(C(=O)O)C4)cc3)s2)cc1. The first-order valence-electron chi connectivity index (χ1n) is 11.3. The minimum atomic E-state index is -0.722. The van der Waals surface area contributed by atoms with Gasteiger partial charge in [0.1, 0.15) is 10.8 Å². The normalized spacial score (nSPS) is 16.1. The predicted molar refractivity (Wildman–Crippen MR) is 129 cm³/mol. The smallest absolute Gasteiger partial charge is 0.309 e. The summed E-state index contributed by atoms with van der Waals surface area (Å²) in [7, 11) is 1.60. The zero-order valence-electron chi connectivity index (χ0n) is 18.9. The summed E-state index contributed by atoms with van der Waals surface area (Å²) in [6.45, 7) is 2.56. The molecule has 2 fully saturated rings. The molecule has 1 aromatic heterocycles. The van der Waals surface area contributed by atoms with Crippen LogP contribution in [0.2, 0.25) is 0 Å². The van der Waals surface area contributed by atoms with Crippen LogP contribution in [0.25, 0.3) is 10.6 Å². The maximum Gasteiger partial charge on any atom is 0.309 e. The van der Waals surface area contributed by atoms with E-state index in [2.05, 4.69) is 15.1 Å². The van der Waals surface area contributed by atoms with Crippen LogP contribution < -0.4 is 9.64 Å². The lowest BCUT2D eigenvalue weighted by atomic mass is 9.99. The van der Waals surface area contributed by atoms with Crippen LogP contribution in [0.15, 0.2) is 48.5 Å². The van der Waals surface area contributed by atoms with Gasteiger partial charge in [-0.3, -0.25) is 19.4 Å². The highest BCUT2D eigenvalue weighted by Gasteiger charge is 2.32. The molecule has 0 radical (unpaired) electrons. The second kappa shape index (κ2) is 9.52. The highest BCUT2D eigenvalue weighted by molar-refractivity contribution is 7.18. The van der Waals surface area contributed by atoms with Crippen molar-refractivity contribution in [2.45, 2.75) is 19.4 Å². The number of rotatable bonds is 9. The molecule has 1 N–H and O–H groups in total. The van der Waals surface area contributed by atoms with Gasteiger partial charge in [-0.1, -0.05) is 35.6 Å². The number of nitrogens with zero attached hydrogens (tertiary/aromatic N) is 4. The van der Waals surface area contributed by atoms with Gasteiger partial charge >= 0.3 is 5.97 Å². The number of anilines is 1. The van der Waals surface area contributed by atoms with Crippen molar-refractivity contribution in [3.63, 3.8) is 0 Å². The van der Waals surface area contributed by atoms with Gasteiger partial charge in [0.25, 0.3) is 5.91 Å². The van der Waals surface area contributed by atoms with E-state index in [1.807, 2.05) is 24.3 Å². The van der Waals surface area contributed by atoms with E-state index in [1.54, 1.807) is 36.3 Å². The second-order valence-electron chi connectivity index (χ2n) is 8.90. The molecule has 1 aliphatic heterocycles. The molecule has 1 amide bonds. The van der Waals surface area contributed by atoms with Gasteiger partial charge in [0, 0.05) is 37.3 Å². The minimum Gasteiger partial charge on any atom is -0.497 e. The first-order valence-corrected chi connectivity index (χ1v) is 12.2. The van der Waals surface area contributed by atoms with E-state index >= 15 is 0 Å². The van der Waals surface area contributed by atoms with Crippen molar-refractivity contribution in [1.82, 2.24) is 15.1 Å². The number of carbonyl (C=O) groups excluding carboxylic acids is 1. The molecule has 1 aliphatic carbocycles. The fourth-order valence-corrected chi connectivity index (χ4v) is 4.86. The summed E-state index contributed by atoms with van der Waals surface area (Å²) in [5.74, 6) is 0.166. The molecule has 5 rings (SSSR count). The summed E-state index contributed by atoms with van der Waals surface area (Å²) >= 11 is 1.42. The molecule has 1 saturated carbocycles. The average Bonchev–Trinajstić information content (AvgIpc) is 3.52. The van der Waals surface area contributed by atoms with Gasteiger partial charge in [0.2, 0.25) is 5.13 Å². The first kappa shape index (κ1) is 22.5. The van der Waals surface area contributed by atoms with E-state index in [9.17, 15) is 9.59 Å². The third kappa shape index (κ3) is 4.95. The lowest BCUT2D eigenvalue weighted by Gasteiger charge is -2.36. The van der Waals surface area contributed by atoms with E-state index in [-0.39, 0.29) is 11.8 Å². The molecular formula is C25H26N4O4S. The monoisotopic (exact) mass is 478 g/mol. The van der Waals surface area contributed by atoms with Crippen LogP contribution in [0.1, 0.15) is 28.8 Å². The molecular weight excluding hydrogens is 452 g/mol. The number of ether oxygens (including phenoxy) is 1. The number of aliphatic carboxylic acids is 1. The van der Waals surface area contributed by atoms with Gasteiger partial charge in [-0.15, -0.1) is 10.2 Å². The number of carboxylic acid groups (broad SMARTS) is 1. The molecule has 0 atom stereocenters. The van der Waals surface area contributed by atoms with Crippen molar-refractivity contribution in [3.05, 3.63) is 59.7 Å².